The van der Waals surface area contributed by atoms with Gasteiger partial charge in [0.1, 0.15) is 11.6 Å². The van der Waals surface area contributed by atoms with E-state index < -0.39 is 12.1 Å². The van der Waals surface area contributed by atoms with E-state index in [1.165, 1.54) is 12.1 Å². The third kappa shape index (κ3) is 8.20. The first-order chi connectivity index (χ1) is 9.16. The van der Waals surface area contributed by atoms with Gasteiger partial charge in [-0.15, -0.1) is 0 Å². The smallest absolute Gasteiger partial charge is 0.475 e. The molecule has 112 valence electrons. The lowest BCUT2D eigenvalue weighted by Gasteiger charge is -1.99. The van der Waals surface area contributed by atoms with Gasteiger partial charge >= 0.3 is 12.1 Å². The van der Waals surface area contributed by atoms with Crippen LogP contribution in [-0.4, -0.2) is 29.6 Å². The maximum Gasteiger partial charge on any atom is 0.490 e. The van der Waals surface area contributed by atoms with Crippen molar-refractivity contribution in [1.82, 2.24) is 0 Å². The average molecular weight is 295 g/mol. The molecule has 3 N–H and O–H groups in total. The lowest BCUT2D eigenvalue weighted by Crippen LogP contribution is -2.21. The van der Waals surface area contributed by atoms with E-state index in [1.807, 2.05) is 0 Å². The first-order valence-electron chi connectivity index (χ1n) is 5.43. The Hall–Kier alpha value is -1.96. The maximum absolute atomic E-state index is 12.5. The van der Waals surface area contributed by atoms with E-state index in [1.54, 1.807) is 12.1 Å². The topological polar surface area (TPSA) is 80.4 Å². The maximum atomic E-state index is 12.5. The summed E-state index contributed by atoms with van der Waals surface area (Å²) >= 11 is 0. The molecule has 0 spiro atoms. The summed E-state index contributed by atoms with van der Waals surface area (Å²) in [6.07, 6.45) is -4.02. The van der Waals surface area contributed by atoms with Crippen LogP contribution in [0.25, 0.3) is 0 Å². The SMILES string of the molecule is NCC(=O)CCc1ccc(F)cc1.O=C(O)C(F)(F)F. The Morgan fingerprint density at radius 3 is 1.95 bits per heavy atom. The van der Waals surface area contributed by atoms with E-state index in [2.05, 4.69) is 0 Å². The molecule has 20 heavy (non-hydrogen) atoms. The van der Waals surface area contributed by atoms with E-state index in [-0.39, 0.29) is 18.1 Å². The molecule has 0 aliphatic rings. The zero-order valence-electron chi connectivity index (χ0n) is 10.3. The third-order valence-corrected chi connectivity index (χ3v) is 2.08. The first-order valence-corrected chi connectivity index (χ1v) is 5.43. The zero-order chi connectivity index (χ0) is 15.8. The number of hydrogen-bond acceptors (Lipinski definition) is 3. The molecule has 0 heterocycles. The number of nitrogens with two attached hydrogens (primary N) is 1. The monoisotopic (exact) mass is 295 g/mol. The fourth-order valence-electron chi connectivity index (χ4n) is 1.04. The van der Waals surface area contributed by atoms with Gasteiger partial charge in [-0.2, -0.15) is 13.2 Å². The highest BCUT2D eigenvalue weighted by molar-refractivity contribution is 5.80. The van der Waals surface area contributed by atoms with E-state index in [4.69, 9.17) is 15.6 Å². The molecule has 4 nitrogen and oxygen atoms in total. The number of ketones is 1. The fraction of sp³-hybridized carbons (Fsp3) is 0.333. The van der Waals surface area contributed by atoms with Crippen molar-refractivity contribution in [3.8, 4) is 0 Å². The fourth-order valence-corrected chi connectivity index (χ4v) is 1.04. The van der Waals surface area contributed by atoms with E-state index in [9.17, 15) is 22.4 Å². The lowest BCUT2D eigenvalue weighted by atomic mass is 10.1. The van der Waals surface area contributed by atoms with Crippen LogP contribution in [0.15, 0.2) is 24.3 Å². The van der Waals surface area contributed by atoms with Crippen molar-refractivity contribution in [2.45, 2.75) is 19.0 Å². The first kappa shape index (κ1) is 18.0. The largest absolute Gasteiger partial charge is 0.490 e. The Morgan fingerprint density at radius 1 is 1.15 bits per heavy atom. The van der Waals surface area contributed by atoms with Gasteiger partial charge in [-0.1, -0.05) is 12.1 Å². The van der Waals surface area contributed by atoms with E-state index in [0.29, 0.717) is 12.8 Å². The summed E-state index contributed by atoms with van der Waals surface area (Å²) in [7, 11) is 0. The number of alkyl halides is 3. The summed E-state index contributed by atoms with van der Waals surface area (Å²) in [4.78, 5) is 19.7. The second-order valence-corrected chi connectivity index (χ2v) is 3.67. The number of hydrogen-bond donors (Lipinski definition) is 2. The van der Waals surface area contributed by atoms with Gasteiger partial charge in [-0.25, -0.2) is 9.18 Å². The number of carboxylic acid groups (broad SMARTS) is 1. The van der Waals surface area contributed by atoms with Crippen molar-refractivity contribution >= 4 is 11.8 Å². The van der Waals surface area contributed by atoms with Crippen molar-refractivity contribution in [3.05, 3.63) is 35.6 Å². The molecule has 0 bridgehead atoms. The van der Waals surface area contributed by atoms with Gasteiger partial charge in [0, 0.05) is 6.42 Å². The van der Waals surface area contributed by atoms with Gasteiger partial charge in [-0.3, -0.25) is 4.79 Å². The van der Waals surface area contributed by atoms with Crippen LogP contribution < -0.4 is 5.73 Å². The number of rotatable bonds is 4. The van der Waals surface area contributed by atoms with Crippen molar-refractivity contribution in [2.24, 2.45) is 5.73 Å². The number of carboxylic acids is 1. The Morgan fingerprint density at radius 2 is 1.60 bits per heavy atom. The van der Waals surface area contributed by atoms with Crippen LogP contribution in [0, 0.1) is 5.82 Å². The van der Waals surface area contributed by atoms with Gasteiger partial charge in [0.25, 0.3) is 0 Å². The molecule has 0 aromatic heterocycles. The minimum absolute atomic E-state index is 0.0318. The number of benzene rings is 1. The molecule has 1 aromatic rings. The molecule has 0 aliphatic heterocycles. The highest BCUT2D eigenvalue weighted by Gasteiger charge is 2.38. The quantitative estimate of drug-likeness (QED) is 0.832. The standard InChI is InChI=1S/C10H12FNO.C2HF3O2/c11-9-4-1-8(2-5-9)3-6-10(13)7-12;3-2(4,5)1(6)7/h1-2,4-5H,3,6-7,12H2;(H,6,7). The van der Waals surface area contributed by atoms with E-state index >= 15 is 0 Å². The Balaban J connectivity index is 0.000000441. The summed E-state index contributed by atoms with van der Waals surface area (Å²) in [5.41, 5.74) is 6.11. The molecule has 0 atom stereocenters. The molecular formula is C12H13F4NO3. The van der Waals surface area contributed by atoms with Gasteiger partial charge < -0.3 is 10.8 Å². The zero-order valence-corrected chi connectivity index (χ0v) is 10.3. The lowest BCUT2D eigenvalue weighted by molar-refractivity contribution is -0.192. The number of halogens is 4. The number of Topliss-reactive ketones (excluding diaryl/α,β-unsaturated/α-hetero) is 1. The second-order valence-electron chi connectivity index (χ2n) is 3.67. The van der Waals surface area contributed by atoms with E-state index in [0.717, 1.165) is 5.56 Å². The molecule has 1 aromatic carbocycles. The molecule has 0 radical (unpaired) electrons. The Labute approximate surface area is 112 Å². The molecule has 0 fully saturated rings. The average Bonchev–Trinajstić information content (AvgIpc) is 2.37. The predicted octanol–water partition coefficient (Wildman–Crippen LogP) is 1.92. The highest BCUT2D eigenvalue weighted by atomic mass is 19.4. The van der Waals surface area contributed by atoms with Crippen LogP contribution >= 0.6 is 0 Å². The summed E-state index contributed by atoms with van der Waals surface area (Å²) in [6.45, 7) is 0.0845. The van der Waals surface area contributed by atoms with Crippen LogP contribution in [0.5, 0.6) is 0 Å². The van der Waals surface area contributed by atoms with Gasteiger partial charge in [0.2, 0.25) is 0 Å². The molecule has 1 rings (SSSR count). The van der Waals surface area contributed by atoms with Crippen LogP contribution in [0.2, 0.25) is 0 Å². The van der Waals surface area contributed by atoms with Crippen molar-refractivity contribution in [2.75, 3.05) is 6.54 Å². The normalized spacial score (nSPS) is 10.4. The highest BCUT2D eigenvalue weighted by Crippen LogP contribution is 2.13. The summed E-state index contributed by atoms with van der Waals surface area (Å²) in [5, 5.41) is 7.12. The van der Waals surface area contributed by atoms with Crippen molar-refractivity contribution in [1.29, 1.82) is 0 Å². The summed E-state index contributed by atoms with van der Waals surface area (Å²) < 4.78 is 44.2. The van der Waals surface area contributed by atoms with Crippen LogP contribution in [0.1, 0.15) is 12.0 Å². The Bertz CT molecular complexity index is 443. The van der Waals surface area contributed by atoms with Gasteiger partial charge in [0.15, 0.2) is 0 Å². The molecule has 0 aliphatic carbocycles. The summed E-state index contributed by atoms with van der Waals surface area (Å²) in [6, 6.07) is 6.14. The number of carbonyl (C=O) groups is 2. The van der Waals surface area contributed by atoms with Crippen molar-refractivity contribution in [3.63, 3.8) is 0 Å². The Kier molecular flexibility index (Phi) is 7.45. The predicted molar refractivity (Wildman–Crippen MR) is 62.5 cm³/mol. The molecular weight excluding hydrogens is 282 g/mol. The minimum Gasteiger partial charge on any atom is -0.475 e. The van der Waals surface area contributed by atoms with Gasteiger partial charge in [0.05, 0.1) is 6.54 Å². The van der Waals surface area contributed by atoms with Crippen LogP contribution in [0.3, 0.4) is 0 Å². The number of aryl methyl sites for hydroxylation is 1. The molecule has 0 saturated carbocycles. The third-order valence-electron chi connectivity index (χ3n) is 2.08. The second kappa shape index (κ2) is 8.26. The van der Waals surface area contributed by atoms with Crippen LogP contribution in [0.4, 0.5) is 17.6 Å². The van der Waals surface area contributed by atoms with Crippen LogP contribution in [-0.2, 0) is 16.0 Å². The summed E-state index contributed by atoms with van der Waals surface area (Å²) in [5.74, 6) is -2.98. The minimum atomic E-state index is -5.08. The number of carbonyl (C=O) groups excluding carboxylic acids is 1. The number of aliphatic carboxylic acids is 1. The molecule has 0 saturated heterocycles. The molecule has 0 amide bonds. The van der Waals surface area contributed by atoms with Crippen molar-refractivity contribution < 1.29 is 32.3 Å². The molecule has 0 unspecified atom stereocenters. The molecule has 8 heteroatoms. The van der Waals surface area contributed by atoms with Gasteiger partial charge in [-0.05, 0) is 24.1 Å².